The quantitative estimate of drug-likeness (QED) is 0.897. The average molecular weight is 253 g/mol. The highest BCUT2D eigenvalue weighted by Gasteiger charge is 2.25. The number of hydrogen-bond acceptors (Lipinski definition) is 4. The zero-order valence-electron chi connectivity index (χ0n) is 10.9. The van der Waals surface area contributed by atoms with Crippen molar-refractivity contribution in [3.63, 3.8) is 0 Å². The molecule has 17 heavy (non-hydrogen) atoms. The Bertz CT molecular complexity index is 342. The molecule has 1 fully saturated rings. The number of anilines is 1. The minimum atomic E-state index is 0.424. The average Bonchev–Trinajstić information content (AvgIpc) is 2.74. The molecule has 0 atom stereocenters. The molecule has 0 unspecified atom stereocenters. The Morgan fingerprint density at radius 2 is 2.12 bits per heavy atom. The van der Waals surface area contributed by atoms with Gasteiger partial charge in [0.1, 0.15) is 0 Å². The monoisotopic (exact) mass is 253 g/mol. The van der Waals surface area contributed by atoms with Crippen LogP contribution in [-0.2, 0) is 0 Å². The number of aromatic nitrogens is 1. The van der Waals surface area contributed by atoms with Crippen molar-refractivity contribution in [2.75, 3.05) is 11.4 Å². The van der Waals surface area contributed by atoms with E-state index in [9.17, 15) is 0 Å². The van der Waals surface area contributed by atoms with Gasteiger partial charge in [-0.05, 0) is 39.0 Å². The second kappa shape index (κ2) is 5.83. The molecular formula is C13H23N3S. The van der Waals surface area contributed by atoms with E-state index in [0.29, 0.717) is 12.1 Å². The summed E-state index contributed by atoms with van der Waals surface area (Å²) in [5, 5.41) is 3.34. The molecule has 1 aliphatic rings. The van der Waals surface area contributed by atoms with Gasteiger partial charge in [-0.25, -0.2) is 4.98 Å². The summed E-state index contributed by atoms with van der Waals surface area (Å²) in [5.41, 5.74) is 7.12. The van der Waals surface area contributed by atoms with Crippen LogP contribution in [0, 0.1) is 6.92 Å². The molecule has 0 bridgehead atoms. The van der Waals surface area contributed by atoms with Gasteiger partial charge in [-0.15, -0.1) is 11.3 Å². The van der Waals surface area contributed by atoms with Crippen LogP contribution < -0.4 is 10.6 Å². The number of nitrogens with zero attached hydrogens (tertiary/aromatic N) is 2. The van der Waals surface area contributed by atoms with Crippen LogP contribution in [0.5, 0.6) is 0 Å². The minimum Gasteiger partial charge on any atom is -0.345 e. The van der Waals surface area contributed by atoms with Gasteiger partial charge in [0, 0.05) is 24.0 Å². The lowest BCUT2D eigenvalue weighted by Crippen LogP contribution is -2.41. The van der Waals surface area contributed by atoms with Crippen LogP contribution in [0.4, 0.5) is 5.13 Å². The van der Waals surface area contributed by atoms with Crippen LogP contribution in [0.1, 0.15) is 44.7 Å². The van der Waals surface area contributed by atoms with Crippen molar-refractivity contribution in [3.05, 3.63) is 11.1 Å². The van der Waals surface area contributed by atoms with Gasteiger partial charge in [0.15, 0.2) is 5.13 Å². The maximum Gasteiger partial charge on any atom is 0.185 e. The molecule has 1 saturated carbocycles. The van der Waals surface area contributed by atoms with E-state index in [2.05, 4.69) is 29.1 Å². The Kier molecular flexibility index (Phi) is 4.40. The van der Waals surface area contributed by atoms with E-state index in [-0.39, 0.29) is 0 Å². The van der Waals surface area contributed by atoms with Gasteiger partial charge in [-0.2, -0.15) is 0 Å². The van der Waals surface area contributed by atoms with Crippen molar-refractivity contribution in [2.24, 2.45) is 5.73 Å². The van der Waals surface area contributed by atoms with Crippen LogP contribution in [0.15, 0.2) is 5.38 Å². The van der Waals surface area contributed by atoms with Gasteiger partial charge in [-0.3, -0.25) is 0 Å². The van der Waals surface area contributed by atoms with Crippen LogP contribution in [0.2, 0.25) is 0 Å². The zero-order chi connectivity index (χ0) is 12.3. The third-order valence-electron chi connectivity index (χ3n) is 3.50. The first-order valence-corrected chi connectivity index (χ1v) is 7.53. The van der Waals surface area contributed by atoms with Crippen LogP contribution in [0.3, 0.4) is 0 Å². The highest BCUT2D eigenvalue weighted by molar-refractivity contribution is 7.13. The lowest BCUT2D eigenvalue weighted by Gasteiger charge is -2.35. The lowest BCUT2D eigenvalue weighted by molar-refractivity contribution is 0.375. The van der Waals surface area contributed by atoms with Gasteiger partial charge in [-0.1, -0.05) is 6.92 Å². The third-order valence-corrected chi connectivity index (χ3v) is 4.49. The fourth-order valence-electron chi connectivity index (χ4n) is 2.56. The molecule has 96 valence electrons. The second-order valence-electron chi connectivity index (χ2n) is 5.03. The molecule has 0 amide bonds. The molecule has 3 nitrogen and oxygen atoms in total. The number of rotatable bonds is 4. The Hall–Kier alpha value is -0.610. The van der Waals surface area contributed by atoms with Crippen LogP contribution in [-0.4, -0.2) is 23.6 Å². The molecule has 0 saturated heterocycles. The van der Waals surface area contributed by atoms with Gasteiger partial charge < -0.3 is 10.6 Å². The molecule has 4 heteroatoms. The van der Waals surface area contributed by atoms with E-state index in [0.717, 1.165) is 25.1 Å². The van der Waals surface area contributed by atoms with Crippen molar-refractivity contribution >= 4 is 16.5 Å². The summed E-state index contributed by atoms with van der Waals surface area (Å²) in [7, 11) is 0. The van der Waals surface area contributed by atoms with Crippen molar-refractivity contribution in [1.82, 2.24) is 4.98 Å². The third kappa shape index (κ3) is 3.19. The van der Waals surface area contributed by atoms with Crippen LogP contribution >= 0.6 is 11.3 Å². The van der Waals surface area contributed by atoms with Crippen LogP contribution in [0.25, 0.3) is 0 Å². The lowest BCUT2D eigenvalue weighted by atomic mass is 9.91. The smallest absolute Gasteiger partial charge is 0.185 e. The van der Waals surface area contributed by atoms with Crippen molar-refractivity contribution in [1.29, 1.82) is 0 Å². The predicted molar refractivity (Wildman–Crippen MR) is 74.7 cm³/mol. The molecule has 1 aliphatic carbocycles. The fourth-order valence-corrected chi connectivity index (χ4v) is 3.46. The standard InChI is InChI=1S/C13H23N3S/c1-3-8-16(13-15-10(2)9-17-13)12-6-4-11(14)5-7-12/h9,11-12H,3-8,14H2,1-2H3. The molecule has 0 spiro atoms. The molecule has 2 N–H and O–H groups in total. The summed E-state index contributed by atoms with van der Waals surface area (Å²) in [5.74, 6) is 0. The summed E-state index contributed by atoms with van der Waals surface area (Å²) in [6.45, 7) is 5.43. The summed E-state index contributed by atoms with van der Waals surface area (Å²) >= 11 is 1.78. The molecule has 0 aliphatic heterocycles. The molecule has 1 heterocycles. The van der Waals surface area contributed by atoms with Gasteiger partial charge in [0.05, 0.1) is 5.69 Å². The predicted octanol–water partition coefficient (Wildman–Crippen LogP) is 2.94. The highest BCUT2D eigenvalue weighted by atomic mass is 32.1. The van der Waals surface area contributed by atoms with E-state index < -0.39 is 0 Å². The molecule has 1 aromatic rings. The van der Waals surface area contributed by atoms with Gasteiger partial charge >= 0.3 is 0 Å². The molecule has 2 rings (SSSR count). The van der Waals surface area contributed by atoms with E-state index in [1.165, 1.54) is 24.4 Å². The van der Waals surface area contributed by atoms with Gasteiger partial charge in [0.2, 0.25) is 0 Å². The van der Waals surface area contributed by atoms with E-state index in [1.54, 1.807) is 11.3 Å². The Morgan fingerprint density at radius 3 is 2.65 bits per heavy atom. The highest BCUT2D eigenvalue weighted by Crippen LogP contribution is 2.29. The molecule has 0 radical (unpaired) electrons. The van der Waals surface area contributed by atoms with Gasteiger partial charge in [0.25, 0.3) is 0 Å². The second-order valence-corrected chi connectivity index (χ2v) is 5.87. The number of thiazole rings is 1. The van der Waals surface area contributed by atoms with Crippen molar-refractivity contribution < 1.29 is 0 Å². The maximum atomic E-state index is 5.98. The summed E-state index contributed by atoms with van der Waals surface area (Å²) < 4.78 is 0. The van der Waals surface area contributed by atoms with E-state index in [4.69, 9.17) is 5.73 Å². The normalized spacial score (nSPS) is 24.9. The first kappa shape index (κ1) is 12.8. The summed E-state index contributed by atoms with van der Waals surface area (Å²) in [6, 6.07) is 1.08. The Labute approximate surface area is 108 Å². The fraction of sp³-hybridized carbons (Fsp3) is 0.769. The first-order chi connectivity index (χ1) is 8.20. The number of hydrogen-bond donors (Lipinski definition) is 1. The summed E-state index contributed by atoms with van der Waals surface area (Å²) in [6.07, 6.45) is 5.95. The van der Waals surface area contributed by atoms with E-state index in [1.807, 2.05) is 0 Å². The van der Waals surface area contributed by atoms with Crippen molar-refractivity contribution in [3.8, 4) is 0 Å². The largest absolute Gasteiger partial charge is 0.345 e. The topological polar surface area (TPSA) is 42.2 Å². The Balaban J connectivity index is 2.06. The minimum absolute atomic E-state index is 0.424. The Morgan fingerprint density at radius 1 is 1.41 bits per heavy atom. The number of aryl methyl sites for hydroxylation is 1. The summed E-state index contributed by atoms with van der Waals surface area (Å²) in [4.78, 5) is 7.14. The van der Waals surface area contributed by atoms with Crippen molar-refractivity contribution in [2.45, 2.75) is 58.0 Å². The molecular weight excluding hydrogens is 230 g/mol. The molecule has 1 aromatic heterocycles. The number of nitrogens with two attached hydrogens (primary N) is 1. The zero-order valence-corrected chi connectivity index (χ0v) is 11.7. The molecule has 0 aromatic carbocycles. The first-order valence-electron chi connectivity index (χ1n) is 6.65. The SMILES string of the molecule is CCCN(c1nc(C)cs1)C1CCC(N)CC1. The maximum absolute atomic E-state index is 5.98. The van der Waals surface area contributed by atoms with E-state index >= 15 is 0 Å².